The lowest BCUT2D eigenvalue weighted by Gasteiger charge is -2.08. The summed E-state index contributed by atoms with van der Waals surface area (Å²) in [7, 11) is 0. The van der Waals surface area contributed by atoms with E-state index < -0.39 is 11.9 Å². The lowest BCUT2D eigenvalue weighted by atomic mass is 10.2. The van der Waals surface area contributed by atoms with Crippen LogP contribution in [0.25, 0.3) is 0 Å². The first kappa shape index (κ1) is 14.4. The Balaban J connectivity index is 3.54. The maximum Gasteiger partial charge on any atom is 0.318 e. The van der Waals surface area contributed by atoms with Crippen LogP contribution in [0.2, 0.25) is 0 Å². The van der Waals surface area contributed by atoms with Crippen molar-refractivity contribution in [3.8, 4) is 0 Å². The van der Waals surface area contributed by atoms with Crippen LogP contribution >= 0.6 is 0 Å². The Morgan fingerprint density at radius 3 is 2.19 bits per heavy atom. The minimum Gasteiger partial charge on any atom is -0.355 e. The molecule has 0 aromatic rings. The second-order valence-electron chi connectivity index (χ2n) is 3.71. The van der Waals surface area contributed by atoms with Gasteiger partial charge in [0.2, 0.25) is 11.8 Å². The van der Waals surface area contributed by atoms with Gasteiger partial charge in [-0.1, -0.05) is 13.8 Å². The molecular formula is C9H18N4O3. The molecule has 0 aromatic carbocycles. The molecule has 0 aliphatic rings. The van der Waals surface area contributed by atoms with Crippen molar-refractivity contribution in [1.29, 1.82) is 0 Å². The highest BCUT2D eigenvalue weighted by molar-refractivity contribution is 5.94. The topological polar surface area (TPSA) is 113 Å². The summed E-state index contributed by atoms with van der Waals surface area (Å²) < 4.78 is 0. The number of amides is 4. The summed E-state index contributed by atoms with van der Waals surface area (Å²) in [6.07, 6.45) is 0. The number of nitrogens with two attached hydrogens (primary N) is 1. The number of carbonyl (C=O) groups excluding carboxylic acids is 3. The summed E-state index contributed by atoms with van der Waals surface area (Å²) in [5.74, 6) is -0.383. The fourth-order valence-corrected chi connectivity index (χ4v) is 0.852. The molecule has 0 radical (unpaired) electrons. The zero-order valence-corrected chi connectivity index (χ0v) is 9.50. The Hall–Kier alpha value is -1.63. The van der Waals surface area contributed by atoms with Crippen LogP contribution in [0.15, 0.2) is 0 Å². The van der Waals surface area contributed by atoms with Crippen LogP contribution in [0.5, 0.6) is 0 Å². The largest absolute Gasteiger partial charge is 0.355 e. The number of hydrogen-bond donors (Lipinski definition) is 4. The molecule has 0 heterocycles. The number of primary amides is 1. The maximum absolute atomic E-state index is 11.2. The molecule has 7 nitrogen and oxygen atoms in total. The number of carbonyl (C=O) groups is 3. The highest BCUT2D eigenvalue weighted by atomic mass is 16.2. The van der Waals surface area contributed by atoms with Crippen LogP contribution in [-0.2, 0) is 9.59 Å². The third-order valence-electron chi connectivity index (χ3n) is 1.54. The maximum atomic E-state index is 11.2. The van der Waals surface area contributed by atoms with Crippen molar-refractivity contribution < 1.29 is 14.4 Å². The average molecular weight is 230 g/mol. The van der Waals surface area contributed by atoms with E-state index in [0.29, 0.717) is 12.5 Å². The van der Waals surface area contributed by atoms with Gasteiger partial charge in [0.05, 0.1) is 13.1 Å². The summed E-state index contributed by atoms with van der Waals surface area (Å²) in [4.78, 5) is 32.3. The highest BCUT2D eigenvalue weighted by Crippen LogP contribution is 1.85. The van der Waals surface area contributed by atoms with E-state index in [0.717, 1.165) is 0 Å². The van der Waals surface area contributed by atoms with Crippen molar-refractivity contribution >= 4 is 17.8 Å². The molecule has 0 atom stereocenters. The van der Waals surface area contributed by atoms with Crippen molar-refractivity contribution in [1.82, 2.24) is 16.0 Å². The second-order valence-corrected chi connectivity index (χ2v) is 3.71. The highest BCUT2D eigenvalue weighted by Gasteiger charge is 2.05. The van der Waals surface area contributed by atoms with Crippen molar-refractivity contribution in [2.24, 2.45) is 11.7 Å². The van der Waals surface area contributed by atoms with Gasteiger partial charge in [0.25, 0.3) is 0 Å². The molecule has 7 heteroatoms. The third-order valence-corrected chi connectivity index (χ3v) is 1.54. The molecule has 0 aromatic heterocycles. The van der Waals surface area contributed by atoms with E-state index >= 15 is 0 Å². The molecule has 16 heavy (non-hydrogen) atoms. The molecule has 0 aliphatic heterocycles. The summed E-state index contributed by atoms with van der Waals surface area (Å²) in [6.45, 7) is 4.45. The first-order valence-corrected chi connectivity index (χ1v) is 4.98. The van der Waals surface area contributed by atoms with E-state index in [1.54, 1.807) is 0 Å². The molecule has 0 saturated carbocycles. The summed E-state index contributed by atoms with van der Waals surface area (Å²) in [5, 5.41) is 7.13. The lowest BCUT2D eigenvalue weighted by Crippen LogP contribution is -2.43. The monoisotopic (exact) mass is 230 g/mol. The van der Waals surface area contributed by atoms with E-state index in [-0.39, 0.29) is 19.0 Å². The number of urea groups is 1. The quantitative estimate of drug-likeness (QED) is 0.446. The van der Waals surface area contributed by atoms with Crippen molar-refractivity contribution in [3.05, 3.63) is 0 Å². The van der Waals surface area contributed by atoms with Crippen LogP contribution in [0.4, 0.5) is 4.79 Å². The average Bonchev–Trinajstić information content (AvgIpc) is 2.13. The van der Waals surface area contributed by atoms with E-state index in [1.165, 1.54) is 0 Å². The zero-order valence-electron chi connectivity index (χ0n) is 9.50. The van der Waals surface area contributed by atoms with Gasteiger partial charge in [0.15, 0.2) is 0 Å². The Labute approximate surface area is 94.1 Å². The molecule has 0 fully saturated rings. The van der Waals surface area contributed by atoms with Crippen LogP contribution in [0.1, 0.15) is 13.8 Å². The van der Waals surface area contributed by atoms with Gasteiger partial charge in [0.1, 0.15) is 0 Å². The molecule has 92 valence electrons. The summed E-state index contributed by atoms with van der Waals surface area (Å²) in [6, 6.07) is -0.906. The van der Waals surface area contributed by atoms with Crippen LogP contribution in [-0.4, -0.2) is 37.5 Å². The molecule has 0 saturated heterocycles. The summed E-state index contributed by atoms with van der Waals surface area (Å²) in [5.41, 5.74) is 4.73. The van der Waals surface area contributed by atoms with E-state index in [2.05, 4.69) is 10.6 Å². The number of rotatable bonds is 6. The number of imide groups is 1. The van der Waals surface area contributed by atoms with Crippen LogP contribution in [0.3, 0.4) is 0 Å². The van der Waals surface area contributed by atoms with Gasteiger partial charge in [-0.2, -0.15) is 0 Å². The lowest BCUT2D eigenvalue weighted by molar-refractivity contribution is -0.121. The van der Waals surface area contributed by atoms with Gasteiger partial charge in [-0.3, -0.25) is 20.2 Å². The smallest absolute Gasteiger partial charge is 0.318 e. The van der Waals surface area contributed by atoms with Crippen molar-refractivity contribution in [2.75, 3.05) is 19.6 Å². The Morgan fingerprint density at radius 1 is 1.12 bits per heavy atom. The molecular weight excluding hydrogens is 212 g/mol. The van der Waals surface area contributed by atoms with Crippen LogP contribution in [0, 0.1) is 5.92 Å². The predicted molar refractivity (Wildman–Crippen MR) is 58.4 cm³/mol. The van der Waals surface area contributed by atoms with E-state index in [4.69, 9.17) is 5.73 Å². The van der Waals surface area contributed by atoms with Crippen molar-refractivity contribution in [2.45, 2.75) is 13.8 Å². The Bertz CT molecular complexity index is 265. The molecule has 0 bridgehead atoms. The Kier molecular flexibility index (Phi) is 6.86. The first-order chi connectivity index (χ1) is 7.41. The molecule has 0 spiro atoms. The van der Waals surface area contributed by atoms with Gasteiger partial charge < -0.3 is 11.1 Å². The molecule has 0 unspecified atom stereocenters. The predicted octanol–water partition coefficient (Wildman–Crippen LogP) is -1.46. The second kappa shape index (κ2) is 7.63. The first-order valence-electron chi connectivity index (χ1n) is 4.98. The normalized spacial score (nSPS) is 9.94. The molecule has 5 N–H and O–H groups in total. The van der Waals surface area contributed by atoms with Gasteiger partial charge in [-0.25, -0.2) is 4.79 Å². The van der Waals surface area contributed by atoms with E-state index in [1.807, 2.05) is 19.2 Å². The Morgan fingerprint density at radius 2 is 1.69 bits per heavy atom. The van der Waals surface area contributed by atoms with Crippen molar-refractivity contribution in [3.63, 3.8) is 0 Å². The SMILES string of the molecule is CC(C)CNC(=O)CNCC(=O)NC(N)=O. The van der Waals surface area contributed by atoms with Crippen LogP contribution < -0.4 is 21.7 Å². The van der Waals surface area contributed by atoms with Gasteiger partial charge in [-0.05, 0) is 5.92 Å². The van der Waals surface area contributed by atoms with Gasteiger partial charge in [0, 0.05) is 6.54 Å². The standard InChI is InChI=1S/C9H18N4O3/c1-6(2)3-12-7(14)4-11-5-8(15)13-9(10)16/h6,11H,3-5H2,1-2H3,(H,12,14)(H3,10,13,15,16). The fourth-order valence-electron chi connectivity index (χ4n) is 0.852. The van der Waals surface area contributed by atoms with E-state index in [9.17, 15) is 14.4 Å². The number of nitrogens with one attached hydrogen (secondary N) is 3. The molecule has 0 aliphatic carbocycles. The van der Waals surface area contributed by atoms with Gasteiger partial charge in [-0.15, -0.1) is 0 Å². The minimum atomic E-state index is -0.906. The molecule has 4 amide bonds. The molecule has 0 rings (SSSR count). The fraction of sp³-hybridized carbons (Fsp3) is 0.667. The third kappa shape index (κ3) is 8.95. The minimum absolute atomic E-state index is 0.0267. The number of hydrogen-bond acceptors (Lipinski definition) is 4. The summed E-state index contributed by atoms with van der Waals surface area (Å²) >= 11 is 0. The zero-order chi connectivity index (χ0) is 12.6. The van der Waals surface area contributed by atoms with Gasteiger partial charge >= 0.3 is 6.03 Å².